The van der Waals surface area contributed by atoms with Gasteiger partial charge in [-0.25, -0.2) is 9.97 Å². The predicted molar refractivity (Wildman–Crippen MR) is 127 cm³/mol. The fourth-order valence-corrected chi connectivity index (χ4v) is 2.71. The number of aromatic nitrogens is 2. The first-order valence-corrected chi connectivity index (χ1v) is 10.0. The van der Waals surface area contributed by atoms with Crippen LogP contribution in [0.3, 0.4) is 0 Å². The monoisotopic (exact) mass is 372 g/mol. The summed E-state index contributed by atoms with van der Waals surface area (Å²) in [5, 5.41) is 0. The number of fused-ring (bicyclic) bond motifs is 2. The van der Waals surface area contributed by atoms with E-state index in [4.69, 9.17) is 9.97 Å². The molecule has 0 fully saturated rings. The molecule has 0 aliphatic carbocycles. The highest BCUT2D eigenvalue weighted by molar-refractivity contribution is 5.97. The molecule has 0 aliphatic rings. The van der Waals surface area contributed by atoms with E-state index in [1.54, 1.807) is 6.08 Å². The molecule has 0 N–H and O–H groups in total. The molecular weight excluding hydrogens is 340 g/mol. The van der Waals surface area contributed by atoms with Gasteiger partial charge in [-0.2, -0.15) is 0 Å². The van der Waals surface area contributed by atoms with Gasteiger partial charge in [-0.3, -0.25) is 0 Å². The molecule has 2 aromatic carbocycles. The minimum absolute atomic E-state index is 0.909. The summed E-state index contributed by atoms with van der Waals surface area (Å²) in [4.78, 5) is 9.75. The van der Waals surface area contributed by atoms with E-state index < -0.39 is 0 Å². The van der Waals surface area contributed by atoms with Crippen molar-refractivity contribution in [3.8, 4) is 0 Å². The highest BCUT2D eigenvalue weighted by Crippen LogP contribution is 2.28. The summed E-state index contributed by atoms with van der Waals surface area (Å²) in [5.41, 5.74) is 6.95. The summed E-state index contributed by atoms with van der Waals surface area (Å²) in [7, 11) is 0. The molecule has 28 heavy (non-hydrogen) atoms. The number of rotatable bonds is 4. The third kappa shape index (κ3) is 5.50. The summed E-state index contributed by atoms with van der Waals surface area (Å²) in [6.45, 7) is 15.9. The molecule has 0 spiro atoms. The van der Waals surface area contributed by atoms with Crippen molar-refractivity contribution < 1.29 is 0 Å². The first-order chi connectivity index (χ1) is 13.7. The smallest absolute Gasteiger partial charge is 0.0975 e. The first-order valence-electron chi connectivity index (χ1n) is 10.0. The highest BCUT2D eigenvalue weighted by atomic mass is 14.8. The maximum Gasteiger partial charge on any atom is 0.0975 e. The minimum atomic E-state index is 0.909. The third-order valence-corrected chi connectivity index (χ3v) is 3.90. The Morgan fingerprint density at radius 1 is 0.857 bits per heavy atom. The quantitative estimate of drug-likeness (QED) is 0.342. The Kier molecular flexibility index (Phi) is 10.2. The van der Waals surface area contributed by atoms with Crippen molar-refractivity contribution >= 4 is 33.7 Å². The molecule has 3 aromatic rings. The predicted octanol–water partition coefficient (Wildman–Crippen LogP) is 8.01. The van der Waals surface area contributed by atoms with Crippen LogP contribution in [-0.2, 0) is 0 Å². The molecule has 0 radical (unpaired) electrons. The molecule has 0 bridgehead atoms. The Morgan fingerprint density at radius 3 is 2.04 bits per heavy atom. The van der Waals surface area contributed by atoms with Crippen LogP contribution in [0.5, 0.6) is 0 Å². The normalized spacial score (nSPS) is 11.3. The van der Waals surface area contributed by atoms with E-state index >= 15 is 0 Å². The number of hydrogen-bond donors (Lipinski definition) is 0. The van der Waals surface area contributed by atoms with Crippen LogP contribution in [-0.4, -0.2) is 9.97 Å². The molecule has 2 heteroatoms. The fourth-order valence-electron chi connectivity index (χ4n) is 2.71. The number of para-hydroxylation sites is 2. The maximum atomic E-state index is 4.88. The Morgan fingerprint density at radius 2 is 1.46 bits per heavy atom. The zero-order valence-corrected chi connectivity index (χ0v) is 18.0. The molecule has 0 unspecified atom stereocenters. The fraction of sp³-hybridized carbons (Fsp3) is 0.231. The highest BCUT2D eigenvalue weighted by Gasteiger charge is 2.10. The number of benzene rings is 2. The van der Waals surface area contributed by atoms with Crippen molar-refractivity contribution in [2.75, 3.05) is 0 Å². The Balaban J connectivity index is 0.000000921. The molecule has 0 aliphatic heterocycles. The lowest BCUT2D eigenvalue weighted by molar-refractivity contribution is 1.37. The molecule has 1 heterocycles. The zero-order valence-electron chi connectivity index (χ0n) is 18.0. The first kappa shape index (κ1) is 23.0. The molecule has 3 rings (SSSR count). The summed E-state index contributed by atoms with van der Waals surface area (Å²) in [6.07, 6.45) is 11.9. The third-order valence-electron chi connectivity index (χ3n) is 3.90. The second kappa shape index (κ2) is 12.4. The van der Waals surface area contributed by atoms with Crippen LogP contribution in [0.25, 0.3) is 33.7 Å². The summed E-state index contributed by atoms with van der Waals surface area (Å²) in [6, 6.07) is 12.2. The van der Waals surface area contributed by atoms with Gasteiger partial charge in [-0.15, -0.1) is 0 Å². The largest absolute Gasteiger partial charge is 0.244 e. The number of nitrogens with zero attached hydrogens (tertiary/aromatic N) is 2. The molecular formula is C26H32N2. The Hall–Kier alpha value is -3.00. The lowest BCUT2D eigenvalue weighted by atomic mass is 10.0. The van der Waals surface area contributed by atoms with Crippen LogP contribution in [0.4, 0.5) is 0 Å². The van der Waals surface area contributed by atoms with E-state index in [1.807, 2.05) is 83.2 Å². The molecule has 0 atom stereocenters. The van der Waals surface area contributed by atoms with Gasteiger partial charge < -0.3 is 0 Å². The molecule has 2 nitrogen and oxygen atoms in total. The van der Waals surface area contributed by atoms with E-state index in [2.05, 4.69) is 31.7 Å². The molecule has 0 amide bonds. The molecule has 146 valence electrons. The van der Waals surface area contributed by atoms with Crippen LogP contribution < -0.4 is 0 Å². The van der Waals surface area contributed by atoms with E-state index in [1.165, 1.54) is 0 Å². The zero-order chi connectivity index (χ0) is 20.9. The maximum absolute atomic E-state index is 4.88. The van der Waals surface area contributed by atoms with Crippen molar-refractivity contribution in [3.63, 3.8) is 0 Å². The molecule has 1 aromatic heterocycles. The van der Waals surface area contributed by atoms with Crippen molar-refractivity contribution in [1.82, 2.24) is 9.97 Å². The van der Waals surface area contributed by atoms with Crippen LogP contribution in [0.1, 0.15) is 52.7 Å². The lowest BCUT2D eigenvalue weighted by Crippen LogP contribution is -1.94. The summed E-state index contributed by atoms with van der Waals surface area (Å²) < 4.78 is 0. The second-order valence-corrected chi connectivity index (χ2v) is 5.58. The average molecular weight is 373 g/mol. The summed E-state index contributed by atoms with van der Waals surface area (Å²) >= 11 is 0. The molecule has 0 saturated heterocycles. The minimum Gasteiger partial charge on any atom is -0.244 e. The van der Waals surface area contributed by atoms with Gasteiger partial charge in [0.2, 0.25) is 0 Å². The van der Waals surface area contributed by atoms with Crippen molar-refractivity contribution in [3.05, 3.63) is 84.5 Å². The van der Waals surface area contributed by atoms with Gasteiger partial charge in [0.1, 0.15) is 0 Å². The van der Waals surface area contributed by atoms with E-state index in [0.29, 0.717) is 0 Å². The van der Waals surface area contributed by atoms with Gasteiger partial charge in [0.25, 0.3) is 0 Å². The average Bonchev–Trinajstić information content (AvgIpc) is 2.75. The Bertz CT molecular complexity index is 992. The van der Waals surface area contributed by atoms with Gasteiger partial charge >= 0.3 is 0 Å². The van der Waals surface area contributed by atoms with Crippen LogP contribution in [0, 0.1) is 0 Å². The van der Waals surface area contributed by atoms with Gasteiger partial charge in [0.15, 0.2) is 0 Å². The lowest BCUT2D eigenvalue weighted by Gasteiger charge is -2.10. The van der Waals surface area contributed by atoms with Gasteiger partial charge in [0, 0.05) is 11.1 Å². The van der Waals surface area contributed by atoms with Crippen molar-refractivity contribution in [2.45, 2.75) is 41.5 Å². The number of hydrogen-bond acceptors (Lipinski definition) is 2. The summed E-state index contributed by atoms with van der Waals surface area (Å²) in [5.74, 6) is 0. The molecule has 0 saturated carbocycles. The SMILES string of the molecule is C=C/C=C(\C)c1ccc(/C=C/C=C\C)c2nc3ccccc3nc12.CC.CC. The van der Waals surface area contributed by atoms with E-state index in [0.717, 1.165) is 38.8 Å². The Labute approximate surface area is 170 Å². The van der Waals surface area contributed by atoms with Gasteiger partial charge in [0.05, 0.1) is 22.1 Å². The standard InChI is InChI=1S/C22H20N2.2C2H6/c1-4-6-7-11-17-14-15-18(16(3)10-5-2)22-21(17)23-19-12-8-9-13-20(19)24-22;2*1-2/h4-15H,2H2,1,3H3;2*1-2H3/b6-4-,11-7+,16-10+;;. The topological polar surface area (TPSA) is 25.8 Å². The van der Waals surface area contributed by atoms with E-state index in [9.17, 15) is 0 Å². The van der Waals surface area contributed by atoms with Crippen LogP contribution in [0.15, 0.2) is 73.4 Å². The van der Waals surface area contributed by atoms with Crippen molar-refractivity contribution in [2.24, 2.45) is 0 Å². The van der Waals surface area contributed by atoms with Crippen LogP contribution in [0.2, 0.25) is 0 Å². The number of allylic oxidation sites excluding steroid dienone is 6. The van der Waals surface area contributed by atoms with Gasteiger partial charge in [-0.1, -0.05) is 95.0 Å². The second-order valence-electron chi connectivity index (χ2n) is 5.58. The van der Waals surface area contributed by atoms with Crippen LogP contribution >= 0.6 is 0 Å². The van der Waals surface area contributed by atoms with Gasteiger partial charge in [-0.05, 0) is 31.6 Å². The van der Waals surface area contributed by atoms with Crippen molar-refractivity contribution in [1.29, 1.82) is 0 Å². The van der Waals surface area contributed by atoms with E-state index in [-0.39, 0.29) is 0 Å².